The van der Waals surface area contributed by atoms with Crippen molar-refractivity contribution < 1.29 is 19.4 Å². The van der Waals surface area contributed by atoms with Crippen molar-refractivity contribution in [3.63, 3.8) is 0 Å². The number of aliphatic hydroxyl groups is 1. The molecule has 5 heteroatoms. The summed E-state index contributed by atoms with van der Waals surface area (Å²) in [6, 6.07) is 0. The molecule has 1 unspecified atom stereocenters. The predicted octanol–water partition coefficient (Wildman–Crippen LogP) is 1.17. The van der Waals surface area contributed by atoms with E-state index in [1.54, 1.807) is 20.8 Å². The lowest BCUT2D eigenvalue weighted by Crippen LogP contribution is -2.46. The van der Waals surface area contributed by atoms with Crippen molar-refractivity contribution in [1.82, 2.24) is 4.90 Å². The van der Waals surface area contributed by atoms with Crippen LogP contribution in [0.2, 0.25) is 0 Å². The largest absolute Gasteiger partial charge is 0.444 e. The molecule has 1 aliphatic rings. The number of rotatable bonds is 1. The number of carbonyl (C=O) groups is 1. The predicted molar refractivity (Wildman–Crippen MR) is 63.8 cm³/mol. The highest BCUT2D eigenvalue weighted by molar-refractivity contribution is 5.68. The first-order valence-electron chi connectivity index (χ1n) is 5.67. The molecule has 0 aromatic rings. The molecule has 1 heterocycles. The molecule has 0 bridgehead atoms. The Morgan fingerprint density at radius 1 is 1.59 bits per heavy atom. The summed E-state index contributed by atoms with van der Waals surface area (Å²) in [4.78, 5) is 13.3. The van der Waals surface area contributed by atoms with E-state index in [0.717, 1.165) is 0 Å². The molecule has 1 saturated heterocycles. The first-order valence-corrected chi connectivity index (χ1v) is 5.67. The molecule has 1 fully saturated rings. The van der Waals surface area contributed by atoms with Gasteiger partial charge >= 0.3 is 6.09 Å². The van der Waals surface area contributed by atoms with E-state index in [2.05, 4.69) is 6.58 Å². The highest BCUT2D eigenvalue weighted by Crippen LogP contribution is 2.16. The van der Waals surface area contributed by atoms with Gasteiger partial charge in [-0.3, -0.25) is 0 Å². The minimum Gasteiger partial charge on any atom is -0.444 e. The Labute approximate surface area is 102 Å². The van der Waals surface area contributed by atoms with Gasteiger partial charge in [-0.25, -0.2) is 4.79 Å². The van der Waals surface area contributed by atoms with Gasteiger partial charge in [0.05, 0.1) is 19.8 Å². The standard InChI is InChI=1S/C12H21NO4/c1-5-12(15)8-13(6-7-16-9-12)10(14)17-11(2,3)4/h5,15H,1,6-9H2,2-4H3. The van der Waals surface area contributed by atoms with Crippen molar-refractivity contribution in [2.75, 3.05) is 26.3 Å². The number of hydrogen-bond acceptors (Lipinski definition) is 4. The SMILES string of the molecule is C=CC1(O)COCCN(C(=O)OC(C)(C)C)C1. The van der Waals surface area contributed by atoms with Gasteiger partial charge < -0.3 is 19.5 Å². The number of ether oxygens (including phenoxy) is 2. The average molecular weight is 243 g/mol. The highest BCUT2D eigenvalue weighted by Gasteiger charge is 2.33. The molecule has 1 atom stereocenters. The first kappa shape index (κ1) is 14.0. The third-order valence-electron chi connectivity index (χ3n) is 2.35. The van der Waals surface area contributed by atoms with Crippen molar-refractivity contribution in [2.45, 2.75) is 32.0 Å². The molecular formula is C12H21NO4. The maximum absolute atomic E-state index is 11.9. The molecule has 1 amide bonds. The van der Waals surface area contributed by atoms with Crippen LogP contribution in [-0.2, 0) is 9.47 Å². The molecule has 0 aromatic heterocycles. The van der Waals surface area contributed by atoms with Gasteiger partial charge in [0, 0.05) is 6.54 Å². The molecule has 0 saturated carbocycles. The van der Waals surface area contributed by atoms with Crippen LogP contribution < -0.4 is 0 Å². The molecule has 17 heavy (non-hydrogen) atoms. The fourth-order valence-electron chi connectivity index (χ4n) is 1.48. The number of β-amino-alcohol motifs (C(OH)–C–C–N with tert-alkyl or cyclic N) is 1. The molecule has 1 aliphatic heterocycles. The van der Waals surface area contributed by atoms with Gasteiger partial charge in [0.15, 0.2) is 0 Å². The van der Waals surface area contributed by atoms with Gasteiger partial charge in [-0.1, -0.05) is 6.08 Å². The zero-order valence-corrected chi connectivity index (χ0v) is 10.7. The quantitative estimate of drug-likeness (QED) is 0.702. The monoisotopic (exact) mass is 243 g/mol. The van der Waals surface area contributed by atoms with Gasteiger partial charge in [0.25, 0.3) is 0 Å². The third-order valence-corrected chi connectivity index (χ3v) is 2.35. The van der Waals surface area contributed by atoms with Crippen LogP contribution in [0.3, 0.4) is 0 Å². The summed E-state index contributed by atoms with van der Waals surface area (Å²) in [5, 5.41) is 10.1. The lowest BCUT2D eigenvalue weighted by Gasteiger charge is -2.30. The van der Waals surface area contributed by atoms with Crippen molar-refractivity contribution in [2.24, 2.45) is 0 Å². The number of carbonyl (C=O) groups excluding carboxylic acids is 1. The van der Waals surface area contributed by atoms with E-state index in [0.29, 0.717) is 13.2 Å². The first-order chi connectivity index (χ1) is 7.76. The fourth-order valence-corrected chi connectivity index (χ4v) is 1.48. The Bertz CT molecular complexity index is 297. The van der Waals surface area contributed by atoms with Crippen LogP contribution in [0.25, 0.3) is 0 Å². The van der Waals surface area contributed by atoms with Gasteiger partial charge in [-0.05, 0) is 20.8 Å². The molecule has 0 radical (unpaired) electrons. The summed E-state index contributed by atoms with van der Waals surface area (Å²) >= 11 is 0. The topological polar surface area (TPSA) is 59.0 Å². The van der Waals surface area contributed by atoms with E-state index in [4.69, 9.17) is 9.47 Å². The van der Waals surface area contributed by atoms with Crippen molar-refractivity contribution >= 4 is 6.09 Å². The molecule has 0 aliphatic carbocycles. The van der Waals surface area contributed by atoms with Crippen molar-refractivity contribution in [3.05, 3.63) is 12.7 Å². The van der Waals surface area contributed by atoms with Crippen LogP contribution in [0, 0.1) is 0 Å². The molecular weight excluding hydrogens is 222 g/mol. The maximum atomic E-state index is 11.9. The Balaban J connectivity index is 2.69. The zero-order valence-electron chi connectivity index (χ0n) is 10.7. The Morgan fingerprint density at radius 3 is 2.76 bits per heavy atom. The number of amides is 1. The molecule has 0 spiro atoms. The van der Waals surface area contributed by atoms with E-state index in [9.17, 15) is 9.90 Å². The second-order valence-corrected chi connectivity index (χ2v) is 5.26. The minimum atomic E-state index is -1.20. The minimum absolute atomic E-state index is 0.144. The van der Waals surface area contributed by atoms with E-state index < -0.39 is 17.3 Å². The van der Waals surface area contributed by atoms with E-state index in [-0.39, 0.29) is 13.2 Å². The summed E-state index contributed by atoms with van der Waals surface area (Å²) in [6.07, 6.45) is 0.957. The number of hydrogen-bond donors (Lipinski definition) is 1. The van der Waals surface area contributed by atoms with E-state index >= 15 is 0 Å². The van der Waals surface area contributed by atoms with Crippen molar-refractivity contribution in [3.8, 4) is 0 Å². The molecule has 1 rings (SSSR count). The van der Waals surface area contributed by atoms with Gasteiger partial charge in [0.1, 0.15) is 11.2 Å². The fraction of sp³-hybridized carbons (Fsp3) is 0.750. The number of nitrogens with zero attached hydrogens (tertiary/aromatic N) is 1. The van der Waals surface area contributed by atoms with Crippen LogP contribution in [0.15, 0.2) is 12.7 Å². The van der Waals surface area contributed by atoms with Crippen LogP contribution in [0.4, 0.5) is 4.79 Å². The van der Waals surface area contributed by atoms with Crippen molar-refractivity contribution in [1.29, 1.82) is 0 Å². The summed E-state index contributed by atoms with van der Waals surface area (Å²) in [7, 11) is 0. The Kier molecular flexibility index (Phi) is 4.16. The molecule has 0 aromatic carbocycles. The third kappa shape index (κ3) is 4.36. The highest BCUT2D eigenvalue weighted by atomic mass is 16.6. The Hall–Kier alpha value is -1.07. The normalized spacial score (nSPS) is 26.2. The van der Waals surface area contributed by atoms with Gasteiger partial charge in [0.2, 0.25) is 0 Å². The Morgan fingerprint density at radius 2 is 2.24 bits per heavy atom. The molecule has 98 valence electrons. The van der Waals surface area contributed by atoms with E-state index in [1.165, 1.54) is 11.0 Å². The van der Waals surface area contributed by atoms with Gasteiger partial charge in [-0.15, -0.1) is 6.58 Å². The van der Waals surface area contributed by atoms with Crippen LogP contribution in [-0.4, -0.2) is 53.6 Å². The second kappa shape index (κ2) is 5.06. The molecule has 1 N–H and O–H groups in total. The van der Waals surface area contributed by atoms with Crippen LogP contribution in [0.1, 0.15) is 20.8 Å². The zero-order chi connectivity index (χ0) is 13.1. The summed E-state index contributed by atoms with van der Waals surface area (Å²) < 4.78 is 10.5. The average Bonchev–Trinajstić information content (AvgIpc) is 2.39. The lowest BCUT2D eigenvalue weighted by atomic mass is 10.1. The maximum Gasteiger partial charge on any atom is 0.410 e. The van der Waals surface area contributed by atoms with Crippen LogP contribution in [0.5, 0.6) is 0 Å². The lowest BCUT2D eigenvalue weighted by molar-refractivity contribution is -0.00837. The summed E-state index contributed by atoms with van der Waals surface area (Å²) in [5.41, 5.74) is -1.75. The summed E-state index contributed by atoms with van der Waals surface area (Å²) in [6.45, 7) is 10.1. The summed E-state index contributed by atoms with van der Waals surface area (Å²) in [5.74, 6) is 0. The van der Waals surface area contributed by atoms with Gasteiger partial charge in [-0.2, -0.15) is 0 Å². The second-order valence-electron chi connectivity index (χ2n) is 5.26. The molecule has 5 nitrogen and oxygen atoms in total. The van der Waals surface area contributed by atoms with E-state index in [1.807, 2.05) is 0 Å². The van der Waals surface area contributed by atoms with Crippen LogP contribution >= 0.6 is 0 Å². The smallest absolute Gasteiger partial charge is 0.410 e.